The van der Waals surface area contributed by atoms with Crippen LogP contribution in [0.5, 0.6) is 5.75 Å². The molecule has 8 bridgehead atoms. The number of benzene rings is 3. The molecule has 410 valence electrons. The first-order valence-electron chi connectivity index (χ1n) is 28.6. The van der Waals surface area contributed by atoms with Gasteiger partial charge in [-0.15, -0.1) is 0 Å². The lowest BCUT2D eigenvalue weighted by atomic mass is 9.83. The summed E-state index contributed by atoms with van der Waals surface area (Å²) in [5, 5.41) is 16.6. The van der Waals surface area contributed by atoms with Gasteiger partial charge in [-0.25, -0.2) is 4.99 Å². The van der Waals surface area contributed by atoms with Crippen LogP contribution in [0.3, 0.4) is 0 Å². The number of allylic oxidation sites excluding steroid dienone is 5. The number of phenolic OH excluding ortho intramolecular Hbond substituents is 1. The fraction of sp³-hybridized carbons (Fsp3) is 0.412. The van der Waals surface area contributed by atoms with E-state index in [0.717, 1.165) is 190 Å². The molecule has 1 aliphatic carbocycles. The van der Waals surface area contributed by atoms with Crippen molar-refractivity contribution in [1.29, 1.82) is 0 Å². The molecule has 0 unspecified atom stereocenters. The molecule has 9 rings (SSSR count). The normalized spacial score (nSPS) is 17.2. The van der Waals surface area contributed by atoms with Crippen molar-refractivity contribution in [3.63, 3.8) is 0 Å². The highest BCUT2D eigenvalue weighted by atomic mass is 16.3. The Bertz CT molecular complexity index is 3620. The van der Waals surface area contributed by atoms with Crippen LogP contribution in [-0.2, 0) is 24.1 Å². The lowest BCUT2D eigenvalue weighted by Gasteiger charge is -2.24. The van der Waals surface area contributed by atoms with Crippen LogP contribution < -0.4 is 10.7 Å². The van der Waals surface area contributed by atoms with Gasteiger partial charge in [0.25, 0.3) is 0 Å². The Morgan fingerprint density at radius 2 is 1.05 bits per heavy atom. The standard InChI is InChI=1S/C68H88N8O2/c1-43-49(29-21-37-73(5,6)7)55-41-56-51(31-23-39-75(11,12)13)45(3)67(71-56)64(62-54-28-20-18-26-48(54)34-36-60(62)78)68-46(4)52(32-24-40-76(14,15)16)58(72-68)42-57-50(30-22-38-74(8,9)10)44(2)66(70-57)63(65(43)69-55)61-53-27-19-17-25-47(53)33-35-59(61)77/h17-20,25-28,33-36,41-42H,21-24,29-32,37-40H2,1-16H3,(H2-2,69,70,71,72,77,78)/q+2/p+2/b55-41-,56-41?,57-42?,58-42-,65-63?,66-63?,67-64?,68-64?. The van der Waals surface area contributed by atoms with Crippen LogP contribution in [0, 0.1) is 20.8 Å². The van der Waals surface area contributed by atoms with E-state index < -0.39 is 0 Å². The van der Waals surface area contributed by atoms with Gasteiger partial charge < -0.3 is 38.0 Å². The monoisotopic (exact) mass is 1050 g/mol. The van der Waals surface area contributed by atoms with Crippen molar-refractivity contribution in [2.24, 2.45) is 4.99 Å². The number of H-pyrrole nitrogens is 3. The number of quaternary nitrogens is 4. The molecule has 3 aromatic carbocycles. The molecule has 3 aliphatic rings. The number of phenols is 1. The van der Waals surface area contributed by atoms with E-state index in [-0.39, 0.29) is 11.5 Å². The Labute approximate surface area is 465 Å². The van der Waals surface area contributed by atoms with Crippen LogP contribution in [0.25, 0.3) is 45.7 Å². The SMILES string of the molecule is CC1=C(CCC[N+](C)(C)C)/C2=C/c3[nH]c(c(C)c3CCC[N+](C)(C)C)C(c3c(O)ccc4ccccc34)=c3[nH]/c(c(CCC[N+](C)(C)C)c3C)=C\c3[nH]c(c(C)c3CCC[N+](C)(C)C)C(=C3C(=O)C=Cc4ccccc43)C1=N2. The fourth-order valence-corrected chi connectivity index (χ4v) is 12.3. The van der Waals surface area contributed by atoms with E-state index in [1.165, 1.54) is 33.4 Å². The summed E-state index contributed by atoms with van der Waals surface area (Å²) in [6, 6.07) is 20.7. The molecule has 6 aromatic rings. The summed E-state index contributed by atoms with van der Waals surface area (Å²) in [5.74, 6) is 0.225. The van der Waals surface area contributed by atoms with Crippen molar-refractivity contribution in [2.45, 2.75) is 79.1 Å². The van der Waals surface area contributed by atoms with Gasteiger partial charge in [0, 0.05) is 64.7 Å². The minimum atomic E-state index is -0.0168. The number of aliphatic imine (C=N–C) groups is 1. The van der Waals surface area contributed by atoms with E-state index in [0.29, 0.717) is 5.57 Å². The zero-order valence-electron chi connectivity index (χ0n) is 50.2. The maximum atomic E-state index is 15.0. The zero-order valence-corrected chi connectivity index (χ0v) is 50.2. The molecule has 0 spiro atoms. The minimum absolute atomic E-state index is 0.0168. The number of hydrogen-bond donors (Lipinski definition) is 4. The number of aromatic amines is 3. The quantitative estimate of drug-likeness (QED) is 0.0541. The van der Waals surface area contributed by atoms with E-state index in [1.807, 2.05) is 18.2 Å². The topological polar surface area (TPSA) is 97.0 Å². The third kappa shape index (κ3) is 11.9. The molecule has 0 radical (unpaired) electrons. The van der Waals surface area contributed by atoms with E-state index in [9.17, 15) is 9.90 Å². The molecular formula is C68H90N8O2+4. The first-order chi connectivity index (χ1) is 36.7. The van der Waals surface area contributed by atoms with Crippen molar-refractivity contribution in [2.75, 3.05) is 111 Å². The highest BCUT2D eigenvalue weighted by molar-refractivity contribution is 6.48. The summed E-state index contributed by atoms with van der Waals surface area (Å²) >= 11 is 0. The Kier molecular flexibility index (Phi) is 15.5. The van der Waals surface area contributed by atoms with Gasteiger partial charge >= 0.3 is 0 Å². The summed E-state index contributed by atoms with van der Waals surface area (Å²) in [4.78, 5) is 33.3. The summed E-state index contributed by atoms with van der Waals surface area (Å²) < 4.78 is 3.45. The predicted octanol–water partition coefficient (Wildman–Crippen LogP) is 10.6. The van der Waals surface area contributed by atoms with Gasteiger partial charge in [0.1, 0.15) is 5.75 Å². The number of nitrogens with zero attached hydrogens (tertiary/aromatic N) is 5. The third-order valence-corrected chi connectivity index (χ3v) is 16.5. The van der Waals surface area contributed by atoms with Gasteiger partial charge in [0.2, 0.25) is 0 Å². The number of nitrogens with one attached hydrogen (secondary N) is 3. The number of hydrogen-bond acceptors (Lipinski definition) is 3. The summed E-state index contributed by atoms with van der Waals surface area (Å²) in [6.45, 7) is 13.1. The maximum Gasteiger partial charge on any atom is 0.187 e. The van der Waals surface area contributed by atoms with E-state index >= 15 is 0 Å². The number of carbonyl (C=O) groups is 1. The Morgan fingerprint density at radius 1 is 0.526 bits per heavy atom. The lowest BCUT2D eigenvalue weighted by molar-refractivity contribution is -0.870. The van der Waals surface area contributed by atoms with Gasteiger partial charge in [-0.2, -0.15) is 0 Å². The van der Waals surface area contributed by atoms with Crippen molar-refractivity contribution in [3.8, 4) is 5.75 Å². The second-order valence-electron chi connectivity index (χ2n) is 26.9. The fourth-order valence-electron chi connectivity index (χ4n) is 12.3. The summed E-state index contributed by atoms with van der Waals surface area (Å²) in [7, 11) is 27.2. The number of rotatable bonds is 17. The van der Waals surface area contributed by atoms with Crippen LogP contribution in [0.4, 0.5) is 0 Å². The molecule has 0 fully saturated rings. The van der Waals surface area contributed by atoms with E-state index in [4.69, 9.17) is 4.99 Å². The molecule has 0 saturated carbocycles. The van der Waals surface area contributed by atoms with Crippen LogP contribution in [-0.4, -0.2) is 160 Å². The molecule has 2 aliphatic heterocycles. The summed E-state index contributed by atoms with van der Waals surface area (Å²) in [5.41, 5.74) is 20.6. The Balaban J connectivity index is 1.48. The number of fused-ring (bicyclic) bond motifs is 9. The van der Waals surface area contributed by atoms with Crippen LogP contribution in [0.1, 0.15) is 112 Å². The van der Waals surface area contributed by atoms with Gasteiger partial charge in [0.05, 0.1) is 139 Å². The molecule has 4 N–H and O–H groups in total. The van der Waals surface area contributed by atoms with Crippen molar-refractivity contribution in [3.05, 3.63) is 167 Å². The number of aromatic hydroxyl groups is 1. The number of aromatic nitrogens is 3. The molecule has 0 saturated heterocycles. The molecule has 3 aromatic heterocycles. The molecule has 78 heavy (non-hydrogen) atoms. The van der Waals surface area contributed by atoms with Crippen LogP contribution >= 0.6 is 0 Å². The van der Waals surface area contributed by atoms with Crippen molar-refractivity contribution < 1.29 is 27.8 Å². The zero-order chi connectivity index (χ0) is 56.2. The maximum absolute atomic E-state index is 15.0. The van der Waals surface area contributed by atoms with Crippen molar-refractivity contribution >= 4 is 57.2 Å². The average molecular weight is 1050 g/mol. The Morgan fingerprint density at radius 3 is 1.65 bits per heavy atom. The molecular weight excluding hydrogens is 961 g/mol. The van der Waals surface area contributed by atoms with Gasteiger partial charge in [-0.3, -0.25) is 4.79 Å². The number of ketones is 1. The minimum Gasteiger partial charge on any atom is -0.507 e. The largest absolute Gasteiger partial charge is 0.507 e. The highest BCUT2D eigenvalue weighted by Crippen LogP contribution is 2.44. The molecule has 10 nitrogen and oxygen atoms in total. The second kappa shape index (κ2) is 21.6. The van der Waals surface area contributed by atoms with Gasteiger partial charge in [0.15, 0.2) is 5.78 Å². The third-order valence-electron chi connectivity index (χ3n) is 16.5. The second-order valence-corrected chi connectivity index (χ2v) is 26.9. The van der Waals surface area contributed by atoms with Crippen LogP contribution in [0.15, 0.2) is 88.6 Å². The molecule has 10 heteroatoms. The highest BCUT2D eigenvalue weighted by Gasteiger charge is 2.34. The van der Waals surface area contributed by atoms with E-state index in [2.05, 4.69) is 188 Å². The first-order valence-corrected chi connectivity index (χ1v) is 28.6. The smallest absolute Gasteiger partial charge is 0.187 e. The van der Waals surface area contributed by atoms with Gasteiger partial charge in [-0.1, -0.05) is 60.7 Å². The van der Waals surface area contributed by atoms with E-state index in [1.54, 1.807) is 6.08 Å². The predicted molar refractivity (Wildman–Crippen MR) is 328 cm³/mol. The Hall–Kier alpha value is -6.56. The average Bonchev–Trinajstić information content (AvgIpc) is 4.09. The molecule has 5 heterocycles. The number of carbonyl (C=O) groups excluding carboxylic acids is 1. The molecule has 0 atom stereocenters. The van der Waals surface area contributed by atoms with Gasteiger partial charge in [-0.05, 0) is 144 Å². The van der Waals surface area contributed by atoms with Crippen molar-refractivity contribution in [1.82, 2.24) is 15.0 Å². The first kappa shape index (κ1) is 56.2. The lowest BCUT2D eigenvalue weighted by Crippen LogP contribution is -2.35. The molecule has 0 amide bonds. The summed E-state index contributed by atoms with van der Waals surface area (Å²) in [6.07, 6.45) is 15.7. The van der Waals surface area contributed by atoms with Crippen LogP contribution in [0.2, 0.25) is 0 Å².